The topological polar surface area (TPSA) is 131 Å². The van der Waals surface area contributed by atoms with Gasteiger partial charge in [-0.3, -0.25) is 9.59 Å². The van der Waals surface area contributed by atoms with E-state index in [1.807, 2.05) is 6.92 Å². The number of hydrogen-bond donors (Lipinski definition) is 2. The molecule has 0 spiro atoms. The summed E-state index contributed by atoms with van der Waals surface area (Å²) >= 11 is 0. The molecule has 2 amide bonds. The summed E-state index contributed by atoms with van der Waals surface area (Å²) in [5.41, 5.74) is 5.08. The summed E-state index contributed by atoms with van der Waals surface area (Å²) in [6.45, 7) is 2.07. The third-order valence-corrected chi connectivity index (χ3v) is 3.66. The maximum absolute atomic E-state index is 12.3. The van der Waals surface area contributed by atoms with Crippen LogP contribution in [0, 0.1) is 5.92 Å². The van der Waals surface area contributed by atoms with E-state index < -0.39 is 11.9 Å². The zero-order valence-electron chi connectivity index (χ0n) is 11.6. The van der Waals surface area contributed by atoms with Crippen LogP contribution in [0.2, 0.25) is 0 Å². The molecule has 0 aliphatic carbocycles. The van der Waals surface area contributed by atoms with Gasteiger partial charge in [0.05, 0.1) is 12.1 Å². The molecule has 1 fully saturated rings. The van der Waals surface area contributed by atoms with Crippen LogP contribution in [0.1, 0.15) is 30.3 Å². The van der Waals surface area contributed by atoms with E-state index in [0.29, 0.717) is 12.8 Å². The minimum atomic E-state index is -1.20. The molecule has 1 aliphatic heterocycles. The predicted octanol–water partition coefficient (Wildman–Crippen LogP) is -0.911. The van der Waals surface area contributed by atoms with Crippen LogP contribution in [-0.2, 0) is 16.1 Å². The maximum atomic E-state index is 12.3. The van der Waals surface area contributed by atoms with Crippen LogP contribution in [0.25, 0.3) is 0 Å². The van der Waals surface area contributed by atoms with Gasteiger partial charge in [-0.15, -0.1) is 5.10 Å². The lowest BCUT2D eigenvalue weighted by atomic mass is 9.93. The van der Waals surface area contributed by atoms with Gasteiger partial charge in [0.2, 0.25) is 11.8 Å². The zero-order valence-corrected chi connectivity index (χ0v) is 11.6. The fourth-order valence-electron chi connectivity index (χ4n) is 2.39. The lowest BCUT2D eigenvalue weighted by molar-refractivity contribution is -0.138. The van der Waals surface area contributed by atoms with Crippen LogP contribution in [0.3, 0.4) is 0 Å². The van der Waals surface area contributed by atoms with Crippen molar-refractivity contribution in [3.63, 3.8) is 0 Å². The van der Waals surface area contributed by atoms with Crippen LogP contribution >= 0.6 is 0 Å². The van der Waals surface area contributed by atoms with E-state index in [-0.39, 0.29) is 36.7 Å². The van der Waals surface area contributed by atoms with Gasteiger partial charge in [0.1, 0.15) is 6.54 Å². The molecule has 9 heteroatoms. The van der Waals surface area contributed by atoms with Crippen molar-refractivity contribution >= 4 is 17.8 Å². The Labute approximate surface area is 120 Å². The number of likely N-dealkylation sites (tertiary alicyclic amines) is 1. The minimum Gasteiger partial charge on any atom is -0.476 e. The third-order valence-electron chi connectivity index (χ3n) is 3.66. The smallest absolute Gasteiger partial charge is 0.358 e. The first-order valence-corrected chi connectivity index (χ1v) is 6.60. The molecule has 2 rings (SSSR count). The lowest BCUT2D eigenvalue weighted by Crippen LogP contribution is -2.49. The van der Waals surface area contributed by atoms with E-state index >= 15 is 0 Å². The number of aromatic carboxylic acids is 1. The number of piperidine rings is 1. The second-order valence-electron chi connectivity index (χ2n) is 5.18. The fourth-order valence-corrected chi connectivity index (χ4v) is 2.39. The van der Waals surface area contributed by atoms with Crippen molar-refractivity contribution in [1.82, 2.24) is 19.9 Å². The van der Waals surface area contributed by atoms with E-state index in [2.05, 4.69) is 10.3 Å². The molecule has 0 aromatic carbocycles. The number of carbonyl (C=O) groups is 3. The van der Waals surface area contributed by atoms with Crippen LogP contribution in [0.5, 0.6) is 0 Å². The first-order valence-electron chi connectivity index (χ1n) is 6.60. The van der Waals surface area contributed by atoms with Gasteiger partial charge in [-0.1, -0.05) is 5.21 Å². The molecule has 3 N–H and O–H groups in total. The Morgan fingerprint density at radius 1 is 1.43 bits per heavy atom. The third kappa shape index (κ3) is 3.36. The summed E-state index contributed by atoms with van der Waals surface area (Å²) in [4.78, 5) is 35.8. The number of carbonyl (C=O) groups excluding carboxylic acids is 2. The molecule has 2 atom stereocenters. The number of nitrogens with two attached hydrogens (primary N) is 1. The predicted molar refractivity (Wildman–Crippen MR) is 70.1 cm³/mol. The van der Waals surface area contributed by atoms with E-state index in [1.54, 1.807) is 4.90 Å². The Morgan fingerprint density at radius 2 is 2.14 bits per heavy atom. The van der Waals surface area contributed by atoms with Gasteiger partial charge < -0.3 is 15.7 Å². The van der Waals surface area contributed by atoms with Crippen molar-refractivity contribution in [2.75, 3.05) is 6.54 Å². The van der Waals surface area contributed by atoms with Gasteiger partial charge in [-0.2, -0.15) is 0 Å². The fraction of sp³-hybridized carbons (Fsp3) is 0.583. The molecule has 0 saturated carbocycles. The number of amides is 2. The lowest BCUT2D eigenvalue weighted by Gasteiger charge is -2.36. The van der Waals surface area contributed by atoms with Crippen LogP contribution in [0.4, 0.5) is 0 Å². The first kappa shape index (κ1) is 14.9. The van der Waals surface area contributed by atoms with Crippen molar-refractivity contribution in [3.05, 3.63) is 11.9 Å². The number of aromatic nitrogens is 3. The Bertz CT molecular complexity index is 570. The molecule has 0 radical (unpaired) electrons. The van der Waals surface area contributed by atoms with Crippen molar-refractivity contribution in [2.45, 2.75) is 32.4 Å². The molecule has 1 saturated heterocycles. The number of carboxylic acids is 1. The van der Waals surface area contributed by atoms with E-state index in [1.165, 1.54) is 10.9 Å². The number of rotatable bonds is 4. The molecular weight excluding hydrogens is 278 g/mol. The second kappa shape index (κ2) is 5.90. The van der Waals surface area contributed by atoms with Crippen LogP contribution < -0.4 is 5.73 Å². The molecule has 2 unspecified atom stereocenters. The van der Waals surface area contributed by atoms with Crippen LogP contribution in [-0.4, -0.2) is 55.4 Å². The SMILES string of the molecule is CC1CCC(C(N)=O)CN1C(=O)Cn1cc(C(=O)O)nn1. The van der Waals surface area contributed by atoms with Gasteiger partial charge in [0, 0.05) is 12.6 Å². The van der Waals surface area contributed by atoms with Crippen molar-refractivity contribution in [2.24, 2.45) is 11.7 Å². The number of nitrogens with zero attached hydrogens (tertiary/aromatic N) is 4. The van der Waals surface area contributed by atoms with Gasteiger partial charge in [0.15, 0.2) is 5.69 Å². The van der Waals surface area contributed by atoms with Crippen molar-refractivity contribution in [1.29, 1.82) is 0 Å². The second-order valence-corrected chi connectivity index (χ2v) is 5.18. The highest BCUT2D eigenvalue weighted by Gasteiger charge is 2.31. The number of primary amides is 1. The average Bonchev–Trinajstić information content (AvgIpc) is 2.87. The summed E-state index contributed by atoms with van der Waals surface area (Å²) < 4.78 is 1.17. The van der Waals surface area contributed by atoms with Gasteiger partial charge >= 0.3 is 5.97 Å². The Hall–Kier alpha value is -2.45. The highest BCUT2D eigenvalue weighted by molar-refractivity contribution is 5.85. The summed E-state index contributed by atoms with van der Waals surface area (Å²) in [6, 6.07) is 0.00978. The quantitative estimate of drug-likeness (QED) is 0.739. The molecule has 1 aromatic rings. The Balaban J connectivity index is 2.03. The zero-order chi connectivity index (χ0) is 15.6. The number of hydrogen-bond acceptors (Lipinski definition) is 5. The van der Waals surface area contributed by atoms with Crippen molar-refractivity contribution in [3.8, 4) is 0 Å². The standard InChI is InChI=1S/C12H17N5O4/c1-7-2-3-8(11(13)19)4-17(7)10(18)6-16-5-9(12(20)21)14-15-16/h5,7-8H,2-4,6H2,1H3,(H2,13,19)(H,20,21). The summed E-state index contributed by atoms with van der Waals surface area (Å²) in [5.74, 6) is -2.19. The molecule has 21 heavy (non-hydrogen) atoms. The van der Waals surface area contributed by atoms with E-state index in [0.717, 1.165) is 0 Å². The molecular formula is C12H17N5O4. The minimum absolute atomic E-state index is 0.00978. The van der Waals surface area contributed by atoms with Gasteiger partial charge in [-0.25, -0.2) is 9.48 Å². The largest absolute Gasteiger partial charge is 0.476 e. The molecule has 114 valence electrons. The molecule has 2 heterocycles. The summed E-state index contributed by atoms with van der Waals surface area (Å²) in [6.07, 6.45) is 2.57. The summed E-state index contributed by atoms with van der Waals surface area (Å²) in [5, 5.41) is 15.8. The van der Waals surface area contributed by atoms with Crippen LogP contribution in [0.15, 0.2) is 6.20 Å². The highest BCUT2D eigenvalue weighted by Crippen LogP contribution is 2.22. The molecule has 9 nitrogen and oxygen atoms in total. The summed E-state index contributed by atoms with van der Waals surface area (Å²) in [7, 11) is 0. The number of carboxylic acid groups (broad SMARTS) is 1. The monoisotopic (exact) mass is 295 g/mol. The van der Waals surface area contributed by atoms with E-state index in [4.69, 9.17) is 10.8 Å². The maximum Gasteiger partial charge on any atom is 0.358 e. The first-order chi connectivity index (χ1) is 9.88. The highest BCUT2D eigenvalue weighted by atomic mass is 16.4. The van der Waals surface area contributed by atoms with Gasteiger partial charge in [0.25, 0.3) is 0 Å². The average molecular weight is 295 g/mol. The van der Waals surface area contributed by atoms with Crippen molar-refractivity contribution < 1.29 is 19.5 Å². The molecule has 1 aliphatic rings. The van der Waals surface area contributed by atoms with Gasteiger partial charge in [-0.05, 0) is 19.8 Å². The molecule has 0 bridgehead atoms. The normalized spacial score (nSPS) is 22.0. The Morgan fingerprint density at radius 3 is 2.71 bits per heavy atom. The van der Waals surface area contributed by atoms with E-state index in [9.17, 15) is 14.4 Å². The molecule has 1 aromatic heterocycles. The Kier molecular flexibility index (Phi) is 4.20.